The third kappa shape index (κ3) is 14.0. The predicted molar refractivity (Wildman–Crippen MR) is 136 cm³/mol. The Morgan fingerprint density at radius 2 is 1.20 bits per heavy atom. The van der Waals surface area contributed by atoms with Crippen molar-refractivity contribution in [3.63, 3.8) is 0 Å². The molecule has 0 fully saturated rings. The molecular weight excluding hydrogens is 495 g/mol. The summed E-state index contributed by atoms with van der Waals surface area (Å²) in [4.78, 5) is -0.0616. The molecule has 1 N–H and O–H groups in total. The van der Waals surface area contributed by atoms with Crippen LogP contribution in [0.1, 0.15) is 87.8 Å². The van der Waals surface area contributed by atoms with Crippen LogP contribution in [0.15, 0.2) is 52.3 Å². The van der Waals surface area contributed by atoms with Gasteiger partial charge >= 0.3 is 29.6 Å². The van der Waals surface area contributed by atoms with Crippen molar-refractivity contribution in [3.05, 3.63) is 59.2 Å². The molecule has 9 heteroatoms. The molecule has 0 aliphatic heterocycles. The average molecular weight is 535 g/mol. The second-order valence-electron chi connectivity index (χ2n) is 8.67. The van der Waals surface area contributed by atoms with Crippen LogP contribution >= 0.6 is 0 Å². The van der Waals surface area contributed by atoms with Gasteiger partial charge in [-0.05, 0) is 55.5 Å². The Balaban J connectivity index is 0.000000753. The molecule has 6 nitrogen and oxygen atoms in total. The Hall–Kier alpha value is -0.740. The summed E-state index contributed by atoms with van der Waals surface area (Å²) >= 11 is 0. The number of hydrogen-bond acceptors (Lipinski definition) is 5. The molecule has 192 valence electrons. The van der Waals surface area contributed by atoms with E-state index in [-0.39, 0.29) is 39.3 Å². The van der Waals surface area contributed by atoms with Crippen molar-refractivity contribution in [2.75, 3.05) is 0 Å². The van der Waals surface area contributed by atoms with Gasteiger partial charge in [0.2, 0.25) is 0 Å². The Kier molecular flexibility index (Phi) is 17.3. The van der Waals surface area contributed by atoms with E-state index >= 15 is 0 Å². The van der Waals surface area contributed by atoms with E-state index in [1.165, 1.54) is 63.5 Å². The maximum Gasteiger partial charge on any atom is 1.00 e. The van der Waals surface area contributed by atoms with E-state index in [0.29, 0.717) is 12.0 Å². The normalized spacial score (nSPS) is 11.3. The van der Waals surface area contributed by atoms with Gasteiger partial charge in [0.25, 0.3) is 10.1 Å². The Bertz CT molecular complexity index is 1080. The molecular formula is C26H39NaO6S2. The Labute approximate surface area is 234 Å². The second kappa shape index (κ2) is 17.7. The van der Waals surface area contributed by atoms with Crippen molar-refractivity contribution in [1.29, 1.82) is 0 Å². The molecule has 2 aromatic rings. The second-order valence-corrected chi connectivity index (χ2v) is 11.4. The zero-order valence-electron chi connectivity index (χ0n) is 21.6. The standard InChI is InChI=1S/C18H30O3S.C8H10O3S.Na/c1-2-3-4-5-6-7-8-9-10-11-14-17-15-12-13-16-18(17)22(19,20)21;1-6-4-3-5-8(7(6)2)12(9,10)11;/h12-13,15-16H,2-11,14H2,1H3,(H,19,20,21);3-5H,1-2H3,(H,9,10,11);/q;;+1/p-1. The monoisotopic (exact) mass is 534 g/mol. The maximum absolute atomic E-state index is 11.3. The largest absolute Gasteiger partial charge is 1.00 e. The van der Waals surface area contributed by atoms with E-state index < -0.39 is 20.2 Å². The van der Waals surface area contributed by atoms with Gasteiger partial charge < -0.3 is 4.55 Å². The van der Waals surface area contributed by atoms with Gasteiger partial charge in [0.05, 0.1) is 9.79 Å². The van der Waals surface area contributed by atoms with E-state index in [9.17, 15) is 25.9 Å². The van der Waals surface area contributed by atoms with Crippen molar-refractivity contribution in [2.24, 2.45) is 0 Å². The summed E-state index contributed by atoms with van der Waals surface area (Å²) in [5.41, 5.74) is 2.07. The first kappa shape index (κ1) is 34.3. The summed E-state index contributed by atoms with van der Waals surface area (Å²) in [6.07, 6.45) is 13.3. The van der Waals surface area contributed by atoms with Crippen LogP contribution in [0.4, 0.5) is 0 Å². The molecule has 0 atom stereocenters. The van der Waals surface area contributed by atoms with E-state index in [0.717, 1.165) is 24.0 Å². The zero-order chi connectivity index (χ0) is 25.6. The molecule has 2 aromatic carbocycles. The average Bonchev–Trinajstić information content (AvgIpc) is 2.76. The van der Waals surface area contributed by atoms with Crippen LogP contribution in [0.25, 0.3) is 0 Å². The van der Waals surface area contributed by atoms with Crippen molar-refractivity contribution in [2.45, 2.75) is 101 Å². The van der Waals surface area contributed by atoms with Crippen molar-refractivity contribution < 1.29 is 55.5 Å². The first-order valence-electron chi connectivity index (χ1n) is 12.1. The fraction of sp³-hybridized carbons (Fsp3) is 0.538. The Morgan fingerprint density at radius 3 is 1.69 bits per heavy atom. The molecule has 0 saturated heterocycles. The molecule has 0 aliphatic rings. The molecule has 35 heavy (non-hydrogen) atoms. The van der Waals surface area contributed by atoms with Crippen molar-refractivity contribution in [1.82, 2.24) is 0 Å². The van der Waals surface area contributed by atoms with E-state index in [2.05, 4.69) is 6.92 Å². The summed E-state index contributed by atoms with van der Waals surface area (Å²) in [5, 5.41) is 0. The van der Waals surface area contributed by atoms with Crippen LogP contribution in [0, 0.1) is 13.8 Å². The maximum atomic E-state index is 11.3. The minimum atomic E-state index is -4.31. The topological polar surface area (TPSA) is 112 Å². The van der Waals surface area contributed by atoms with Crippen LogP contribution < -0.4 is 29.6 Å². The molecule has 0 amide bonds. The summed E-state index contributed by atoms with van der Waals surface area (Å²) in [5.74, 6) is 0. The van der Waals surface area contributed by atoms with Gasteiger partial charge in [-0.2, -0.15) is 8.42 Å². The van der Waals surface area contributed by atoms with Crippen LogP contribution in [0.2, 0.25) is 0 Å². The van der Waals surface area contributed by atoms with Gasteiger partial charge in [0.1, 0.15) is 10.1 Å². The fourth-order valence-corrected chi connectivity index (χ4v) is 5.29. The van der Waals surface area contributed by atoms with Gasteiger partial charge in [-0.25, -0.2) is 8.42 Å². The predicted octanol–water partition coefficient (Wildman–Crippen LogP) is 3.61. The van der Waals surface area contributed by atoms with E-state index in [4.69, 9.17) is 0 Å². The summed E-state index contributed by atoms with van der Waals surface area (Å²) in [6, 6.07) is 11.4. The van der Waals surface area contributed by atoms with E-state index in [1.54, 1.807) is 38.1 Å². The van der Waals surface area contributed by atoms with Gasteiger partial charge in [0, 0.05) is 0 Å². The SMILES string of the molecule is CCCCCCCCCCCCc1ccccc1S(=O)(=O)O.Cc1cccc(S(=O)(=O)[O-])c1C.[Na+]. The summed E-state index contributed by atoms with van der Waals surface area (Å²) < 4.78 is 63.7. The fourth-order valence-electron chi connectivity index (χ4n) is 3.76. The minimum absolute atomic E-state index is 0. The zero-order valence-corrected chi connectivity index (χ0v) is 25.3. The smallest absolute Gasteiger partial charge is 0.744 e. The van der Waals surface area contributed by atoms with Gasteiger partial charge in [0.15, 0.2) is 0 Å². The quantitative estimate of drug-likeness (QED) is 0.239. The first-order valence-corrected chi connectivity index (χ1v) is 14.9. The number of rotatable bonds is 13. The molecule has 0 unspecified atom stereocenters. The number of benzene rings is 2. The van der Waals surface area contributed by atoms with Crippen LogP contribution in [0.3, 0.4) is 0 Å². The molecule has 0 bridgehead atoms. The Morgan fingerprint density at radius 1 is 0.714 bits per heavy atom. The molecule has 0 radical (unpaired) electrons. The number of unbranched alkanes of at least 4 members (excludes halogenated alkanes) is 9. The van der Waals surface area contributed by atoms with Crippen LogP contribution in [0.5, 0.6) is 0 Å². The van der Waals surface area contributed by atoms with Gasteiger partial charge in [-0.1, -0.05) is 95.0 Å². The first-order chi connectivity index (χ1) is 16.0. The summed E-state index contributed by atoms with van der Waals surface area (Å²) in [7, 11) is -8.40. The third-order valence-electron chi connectivity index (χ3n) is 5.87. The summed E-state index contributed by atoms with van der Waals surface area (Å²) in [6.45, 7) is 5.63. The van der Waals surface area contributed by atoms with Crippen molar-refractivity contribution >= 4 is 20.2 Å². The molecule has 2 rings (SSSR count). The van der Waals surface area contributed by atoms with Crippen LogP contribution in [-0.2, 0) is 26.7 Å². The number of aryl methyl sites for hydroxylation is 2. The molecule has 0 heterocycles. The third-order valence-corrected chi connectivity index (χ3v) is 7.81. The molecule has 0 aromatic heterocycles. The van der Waals surface area contributed by atoms with E-state index in [1.807, 2.05) is 6.07 Å². The molecule has 0 saturated carbocycles. The van der Waals surface area contributed by atoms with Crippen molar-refractivity contribution in [3.8, 4) is 0 Å². The number of hydrogen-bond donors (Lipinski definition) is 1. The minimum Gasteiger partial charge on any atom is -0.744 e. The van der Waals surface area contributed by atoms with Crippen LogP contribution in [-0.4, -0.2) is 25.9 Å². The van der Waals surface area contributed by atoms with Gasteiger partial charge in [-0.15, -0.1) is 0 Å². The molecule has 0 aliphatic carbocycles. The molecule has 0 spiro atoms. The van der Waals surface area contributed by atoms with Gasteiger partial charge in [-0.3, -0.25) is 4.55 Å².